The topological polar surface area (TPSA) is 72.4 Å². The van der Waals surface area contributed by atoms with Crippen molar-refractivity contribution >= 4 is 16.9 Å². The summed E-state index contributed by atoms with van der Waals surface area (Å²) < 4.78 is 8.29. The molecular formula is C30H36N6O. The van der Waals surface area contributed by atoms with Gasteiger partial charge in [0.25, 0.3) is 0 Å². The summed E-state index contributed by atoms with van der Waals surface area (Å²) in [6.07, 6.45) is 19.1. The highest BCUT2D eigenvalue weighted by molar-refractivity contribution is 6.00. The number of piperazine rings is 1. The zero-order valence-corrected chi connectivity index (χ0v) is 21.8. The van der Waals surface area contributed by atoms with Crippen LogP contribution in [0.1, 0.15) is 38.6 Å². The molecule has 0 bridgehead atoms. The van der Waals surface area contributed by atoms with E-state index in [9.17, 15) is 0 Å². The number of ether oxygens (including phenoxy) is 1. The van der Waals surface area contributed by atoms with E-state index in [-0.39, 0.29) is 0 Å². The summed E-state index contributed by atoms with van der Waals surface area (Å²) in [6, 6.07) is 9.15. The average Bonchev–Trinajstić information content (AvgIpc) is 3.33. The van der Waals surface area contributed by atoms with Crippen molar-refractivity contribution in [2.24, 2.45) is 0 Å². The number of nitrogens with zero attached hydrogens (tertiary/aromatic N) is 5. The molecule has 7 nitrogen and oxygen atoms in total. The summed E-state index contributed by atoms with van der Waals surface area (Å²) in [5.41, 5.74) is 9.43. The van der Waals surface area contributed by atoms with Gasteiger partial charge in [-0.25, -0.2) is 9.97 Å². The van der Waals surface area contributed by atoms with E-state index in [0.29, 0.717) is 23.7 Å². The highest BCUT2D eigenvalue weighted by Crippen LogP contribution is 2.39. The van der Waals surface area contributed by atoms with Gasteiger partial charge in [0.2, 0.25) is 0 Å². The van der Waals surface area contributed by atoms with Gasteiger partial charge < -0.3 is 19.9 Å². The van der Waals surface area contributed by atoms with Crippen LogP contribution in [0.5, 0.6) is 5.75 Å². The minimum absolute atomic E-state index is 0.414. The molecule has 5 rings (SSSR count). The standard InChI is InChI=1S/C30H36N6O/c1-4-6-7-25(5-2)37-26-14-8-22(9-15-26)27-20-36(30-28(27)29(31)32-21-33-30)24-12-10-23(11-13-24)35-18-16-34(3)17-19-35/h1,5-9,14-15,20-21,23-24H,10-13,16-19H2,2-3H3,(H2,31,32,33)/b7-6-,25-5+. The Morgan fingerprint density at radius 1 is 1.05 bits per heavy atom. The second-order valence-electron chi connectivity index (χ2n) is 10.0. The van der Waals surface area contributed by atoms with Crippen molar-refractivity contribution in [2.45, 2.75) is 44.7 Å². The summed E-state index contributed by atoms with van der Waals surface area (Å²) in [6.45, 7) is 6.62. The van der Waals surface area contributed by atoms with Crippen molar-refractivity contribution in [1.82, 2.24) is 24.3 Å². The maximum absolute atomic E-state index is 6.40. The number of nitrogens with two attached hydrogens (primary N) is 1. The largest absolute Gasteiger partial charge is 0.458 e. The SMILES string of the molecule is C#C/C=C\C(=C/C)Oc1ccc(-c2cn(C3CCC(N4CCN(C)CC4)CC3)c3ncnc(N)c23)cc1. The minimum atomic E-state index is 0.414. The zero-order valence-electron chi connectivity index (χ0n) is 21.8. The summed E-state index contributed by atoms with van der Waals surface area (Å²) in [4.78, 5) is 14.1. The quantitative estimate of drug-likeness (QED) is 0.298. The van der Waals surface area contributed by atoms with Gasteiger partial charge in [0.05, 0.1) is 5.39 Å². The Hall–Kier alpha value is -3.60. The molecule has 2 fully saturated rings. The fourth-order valence-corrected chi connectivity index (χ4v) is 5.65. The Balaban J connectivity index is 1.37. The minimum Gasteiger partial charge on any atom is -0.458 e. The Labute approximate surface area is 219 Å². The van der Waals surface area contributed by atoms with E-state index in [4.69, 9.17) is 16.9 Å². The molecule has 1 aliphatic heterocycles. The van der Waals surface area contributed by atoms with Crippen LogP contribution in [0.3, 0.4) is 0 Å². The average molecular weight is 497 g/mol. The van der Waals surface area contributed by atoms with Gasteiger partial charge in [-0.15, -0.1) is 6.42 Å². The highest BCUT2D eigenvalue weighted by atomic mass is 16.5. The number of allylic oxidation sites excluding steroid dienone is 3. The van der Waals surface area contributed by atoms with Gasteiger partial charge in [-0.3, -0.25) is 4.90 Å². The fourth-order valence-electron chi connectivity index (χ4n) is 5.65. The third kappa shape index (κ3) is 5.41. The van der Waals surface area contributed by atoms with Crippen molar-refractivity contribution in [3.8, 4) is 29.2 Å². The molecule has 0 spiro atoms. The Kier molecular flexibility index (Phi) is 7.59. The molecule has 7 heteroatoms. The molecule has 2 aliphatic rings. The number of hydrogen-bond acceptors (Lipinski definition) is 6. The Morgan fingerprint density at radius 2 is 1.76 bits per heavy atom. The summed E-state index contributed by atoms with van der Waals surface area (Å²) >= 11 is 0. The van der Waals surface area contributed by atoms with Crippen LogP contribution in [-0.2, 0) is 0 Å². The lowest BCUT2D eigenvalue weighted by molar-refractivity contribution is 0.0828. The second-order valence-corrected chi connectivity index (χ2v) is 10.0. The number of rotatable bonds is 6. The number of terminal acetylenes is 1. The lowest BCUT2D eigenvalue weighted by Gasteiger charge is -2.41. The molecule has 0 atom stereocenters. The Morgan fingerprint density at radius 3 is 2.43 bits per heavy atom. The molecule has 3 heterocycles. The molecule has 3 aromatic rings. The molecular weight excluding hydrogens is 460 g/mol. The van der Waals surface area contributed by atoms with Crippen molar-refractivity contribution in [3.05, 3.63) is 60.8 Å². The third-order valence-electron chi connectivity index (χ3n) is 7.78. The molecule has 0 radical (unpaired) electrons. The van der Waals surface area contributed by atoms with E-state index < -0.39 is 0 Å². The first-order chi connectivity index (χ1) is 18.1. The maximum atomic E-state index is 6.40. The van der Waals surface area contributed by atoms with Crippen LogP contribution in [0.25, 0.3) is 22.2 Å². The van der Waals surface area contributed by atoms with E-state index in [1.165, 1.54) is 39.0 Å². The van der Waals surface area contributed by atoms with Crippen LogP contribution in [0.4, 0.5) is 5.82 Å². The lowest BCUT2D eigenvalue weighted by atomic mass is 9.89. The van der Waals surface area contributed by atoms with Crippen molar-refractivity contribution in [2.75, 3.05) is 39.0 Å². The maximum Gasteiger partial charge on any atom is 0.146 e. The predicted octanol–water partition coefficient (Wildman–Crippen LogP) is 4.88. The van der Waals surface area contributed by atoms with Crippen LogP contribution in [0, 0.1) is 12.3 Å². The van der Waals surface area contributed by atoms with Crippen LogP contribution in [-0.4, -0.2) is 63.6 Å². The van der Waals surface area contributed by atoms with Gasteiger partial charge in [-0.2, -0.15) is 0 Å². The third-order valence-corrected chi connectivity index (χ3v) is 7.78. The molecule has 1 aromatic carbocycles. The van der Waals surface area contributed by atoms with Crippen LogP contribution >= 0.6 is 0 Å². The predicted molar refractivity (Wildman–Crippen MR) is 150 cm³/mol. The van der Waals surface area contributed by atoms with Crippen molar-refractivity contribution < 1.29 is 4.74 Å². The number of benzene rings is 1. The molecule has 37 heavy (non-hydrogen) atoms. The fraction of sp³-hybridized carbons (Fsp3) is 0.400. The van der Waals surface area contributed by atoms with E-state index in [1.54, 1.807) is 18.5 Å². The van der Waals surface area contributed by atoms with Crippen LogP contribution in [0.15, 0.2) is 60.8 Å². The molecule has 2 N–H and O–H groups in total. The molecule has 0 amide bonds. The molecule has 1 aliphatic carbocycles. The molecule has 1 saturated carbocycles. The van der Waals surface area contributed by atoms with E-state index in [1.807, 2.05) is 25.1 Å². The van der Waals surface area contributed by atoms with Gasteiger partial charge >= 0.3 is 0 Å². The number of likely N-dealkylation sites (N-methyl/N-ethyl adjacent to an activating group) is 1. The number of hydrogen-bond donors (Lipinski definition) is 1. The van der Waals surface area contributed by atoms with Gasteiger partial charge in [0, 0.05) is 50.0 Å². The van der Waals surface area contributed by atoms with Crippen LogP contribution in [0.2, 0.25) is 0 Å². The van der Waals surface area contributed by atoms with E-state index in [2.05, 4.69) is 55.6 Å². The monoisotopic (exact) mass is 496 g/mol. The van der Waals surface area contributed by atoms with Gasteiger partial charge in [-0.1, -0.05) is 18.1 Å². The molecule has 192 valence electrons. The van der Waals surface area contributed by atoms with Gasteiger partial charge in [0.15, 0.2) is 0 Å². The van der Waals surface area contributed by atoms with E-state index >= 15 is 0 Å². The Bertz CT molecular complexity index is 1320. The zero-order chi connectivity index (χ0) is 25.8. The van der Waals surface area contributed by atoms with Crippen molar-refractivity contribution in [1.29, 1.82) is 0 Å². The molecule has 0 unspecified atom stereocenters. The molecule has 1 saturated heterocycles. The van der Waals surface area contributed by atoms with Crippen molar-refractivity contribution in [3.63, 3.8) is 0 Å². The van der Waals surface area contributed by atoms with Gasteiger partial charge in [0.1, 0.15) is 29.3 Å². The van der Waals surface area contributed by atoms with E-state index in [0.717, 1.165) is 40.8 Å². The molecule has 2 aromatic heterocycles. The normalized spacial score (nSPS) is 21.9. The van der Waals surface area contributed by atoms with Gasteiger partial charge in [-0.05, 0) is 75.6 Å². The smallest absolute Gasteiger partial charge is 0.146 e. The number of fused-ring (bicyclic) bond motifs is 1. The second kappa shape index (κ2) is 11.2. The number of anilines is 1. The first-order valence-corrected chi connectivity index (χ1v) is 13.2. The summed E-state index contributed by atoms with van der Waals surface area (Å²) in [7, 11) is 2.22. The summed E-state index contributed by atoms with van der Waals surface area (Å²) in [5.74, 6) is 4.45. The number of aromatic nitrogens is 3. The van der Waals surface area contributed by atoms with Crippen LogP contribution < -0.4 is 10.5 Å². The summed E-state index contributed by atoms with van der Waals surface area (Å²) in [5, 5.41) is 0.920. The number of nitrogen functional groups attached to an aromatic ring is 1. The first-order valence-electron chi connectivity index (χ1n) is 13.2. The lowest BCUT2D eigenvalue weighted by Crippen LogP contribution is -2.49. The first kappa shape index (κ1) is 25.1. The highest BCUT2D eigenvalue weighted by Gasteiger charge is 2.29.